The summed E-state index contributed by atoms with van der Waals surface area (Å²) in [6, 6.07) is 3.88. The molecule has 2 aromatic rings. The molecule has 6 heteroatoms. The molecular weight excluding hydrogens is 248 g/mol. The summed E-state index contributed by atoms with van der Waals surface area (Å²) in [7, 11) is 0. The molecule has 2 aromatic heterocycles. The van der Waals surface area contributed by atoms with E-state index in [-0.39, 0.29) is 5.91 Å². The fraction of sp³-hybridized carbons (Fsp3) is 0.333. The normalized spacial score (nSPS) is 10.3. The predicted molar refractivity (Wildman–Crippen MR) is 69.6 cm³/mol. The number of carbonyl (C=O) groups is 1. The Labute approximate surface area is 109 Å². The van der Waals surface area contributed by atoms with E-state index in [9.17, 15) is 4.79 Å². The Hall–Kier alpha value is -1.82. The fourth-order valence-corrected chi connectivity index (χ4v) is 2.23. The molecule has 1 N–H and O–H groups in total. The number of nitrogens with one attached hydrogen (secondary N) is 1. The Balaban J connectivity index is 1.86. The molecule has 18 heavy (non-hydrogen) atoms. The fourth-order valence-electron chi connectivity index (χ4n) is 1.56. The summed E-state index contributed by atoms with van der Waals surface area (Å²) in [5.74, 6) is -0.0919. The number of aryl methyl sites for hydroxylation is 1. The quantitative estimate of drug-likeness (QED) is 0.886. The van der Waals surface area contributed by atoms with Gasteiger partial charge in [0.25, 0.3) is 5.91 Å². The van der Waals surface area contributed by atoms with E-state index in [0.29, 0.717) is 11.4 Å². The average molecular weight is 262 g/mol. The lowest BCUT2D eigenvalue weighted by atomic mass is 10.2. The number of pyridine rings is 1. The molecule has 0 spiro atoms. The van der Waals surface area contributed by atoms with Crippen LogP contribution in [0.2, 0.25) is 0 Å². The summed E-state index contributed by atoms with van der Waals surface area (Å²) in [5, 5.41) is 6.79. The highest BCUT2D eigenvalue weighted by molar-refractivity contribution is 7.08. The number of amides is 1. The molecule has 0 aliphatic rings. The SMILES string of the molecule is CCc1nnsc1C(=O)NCCc1cccnc1. The molecule has 0 atom stereocenters. The second-order valence-electron chi connectivity index (χ2n) is 3.77. The second kappa shape index (κ2) is 6.20. The number of hydrogen-bond acceptors (Lipinski definition) is 5. The van der Waals surface area contributed by atoms with Crippen molar-refractivity contribution in [2.24, 2.45) is 0 Å². The molecule has 2 heterocycles. The lowest BCUT2D eigenvalue weighted by Gasteiger charge is -2.03. The molecule has 1 amide bonds. The van der Waals surface area contributed by atoms with E-state index < -0.39 is 0 Å². The van der Waals surface area contributed by atoms with Crippen molar-refractivity contribution in [3.05, 3.63) is 40.7 Å². The van der Waals surface area contributed by atoms with Gasteiger partial charge in [0.05, 0.1) is 5.69 Å². The van der Waals surface area contributed by atoms with E-state index in [2.05, 4.69) is 19.9 Å². The number of hydrogen-bond donors (Lipinski definition) is 1. The van der Waals surface area contributed by atoms with Crippen LogP contribution in [0.1, 0.15) is 27.9 Å². The second-order valence-corrected chi connectivity index (χ2v) is 4.52. The summed E-state index contributed by atoms with van der Waals surface area (Å²) in [6.07, 6.45) is 5.03. The molecular formula is C12H14N4OS. The van der Waals surface area contributed by atoms with E-state index in [1.807, 2.05) is 19.1 Å². The molecule has 0 aromatic carbocycles. The van der Waals surface area contributed by atoms with Gasteiger partial charge in [-0.3, -0.25) is 9.78 Å². The van der Waals surface area contributed by atoms with Crippen molar-refractivity contribution >= 4 is 17.4 Å². The van der Waals surface area contributed by atoms with Gasteiger partial charge in [0.1, 0.15) is 4.88 Å². The maximum atomic E-state index is 11.9. The van der Waals surface area contributed by atoms with E-state index >= 15 is 0 Å². The van der Waals surface area contributed by atoms with Crippen LogP contribution in [0, 0.1) is 0 Å². The van der Waals surface area contributed by atoms with Gasteiger partial charge in [0.15, 0.2) is 0 Å². The molecule has 2 rings (SSSR count). The van der Waals surface area contributed by atoms with Crippen LogP contribution in [-0.2, 0) is 12.8 Å². The molecule has 94 valence electrons. The smallest absolute Gasteiger partial charge is 0.264 e. The summed E-state index contributed by atoms with van der Waals surface area (Å²) < 4.78 is 3.80. The first-order valence-electron chi connectivity index (χ1n) is 5.79. The monoisotopic (exact) mass is 262 g/mol. The van der Waals surface area contributed by atoms with Gasteiger partial charge in [0, 0.05) is 18.9 Å². The van der Waals surface area contributed by atoms with Gasteiger partial charge < -0.3 is 5.32 Å². The summed E-state index contributed by atoms with van der Waals surface area (Å²) in [4.78, 5) is 16.5. The van der Waals surface area contributed by atoms with Gasteiger partial charge >= 0.3 is 0 Å². The highest BCUT2D eigenvalue weighted by Crippen LogP contribution is 2.10. The summed E-state index contributed by atoms with van der Waals surface area (Å²) in [6.45, 7) is 2.55. The lowest BCUT2D eigenvalue weighted by molar-refractivity contribution is 0.0957. The van der Waals surface area contributed by atoms with Crippen molar-refractivity contribution in [1.82, 2.24) is 19.9 Å². The summed E-state index contributed by atoms with van der Waals surface area (Å²) >= 11 is 1.14. The van der Waals surface area contributed by atoms with Gasteiger partial charge in [-0.1, -0.05) is 17.5 Å². The Bertz CT molecular complexity index is 512. The Morgan fingerprint density at radius 2 is 2.39 bits per heavy atom. The third-order valence-corrected chi connectivity index (χ3v) is 3.29. The van der Waals surface area contributed by atoms with Crippen molar-refractivity contribution < 1.29 is 4.79 Å². The minimum Gasteiger partial charge on any atom is -0.351 e. The molecule has 0 saturated carbocycles. The zero-order chi connectivity index (χ0) is 12.8. The van der Waals surface area contributed by atoms with Crippen LogP contribution in [0.15, 0.2) is 24.5 Å². The van der Waals surface area contributed by atoms with Gasteiger partial charge in [-0.15, -0.1) is 5.10 Å². The number of carbonyl (C=O) groups excluding carboxylic acids is 1. The van der Waals surface area contributed by atoms with Crippen LogP contribution in [-0.4, -0.2) is 27.0 Å². The first-order chi connectivity index (χ1) is 8.81. The first kappa shape index (κ1) is 12.6. The predicted octanol–water partition coefficient (Wildman–Crippen LogP) is 1.47. The molecule has 0 radical (unpaired) electrons. The van der Waals surface area contributed by atoms with Crippen LogP contribution in [0.4, 0.5) is 0 Å². The van der Waals surface area contributed by atoms with Gasteiger partial charge in [-0.2, -0.15) is 0 Å². The Morgan fingerprint density at radius 3 is 3.11 bits per heavy atom. The minimum absolute atomic E-state index is 0.0919. The van der Waals surface area contributed by atoms with Crippen molar-refractivity contribution in [2.45, 2.75) is 19.8 Å². The van der Waals surface area contributed by atoms with Crippen LogP contribution < -0.4 is 5.32 Å². The van der Waals surface area contributed by atoms with E-state index in [1.165, 1.54) is 0 Å². The first-order valence-corrected chi connectivity index (χ1v) is 6.57. The summed E-state index contributed by atoms with van der Waals surface area (Å²) in [5.41, 5.74) is 1.87. The molecule has 0 aliphatic carbocycles. The van der Waals surface area contributed by atoms with Crippen molar-refractivity contribution in [3.63, 3.8) is 0 Å². The third-order valence-electron chi connectivity index (χ3n) is 2.52. The van der Waals surface area contributed by atoms with Crippen LogP contribution in [0.3, 0.4) is 0 Å². The zero-order valence-corrected chi connectivity index (χ0v) is 10.9. The molecule has 0 saturated heterocycles. The van der Waals surface area contributed by atoms with E-state index in [0.717, 1.165) is 35.6 Å². The standard InChI is InChI=1S/C12H14N4OS/c1-2-10-11(18-16-15-10)12(17)14-7-5-9-4-3-6-13-8-9/h3-4,6,8H,2,5,7H2,1H3,(H,14,17). The lowest BCUT2D eigenvalue weighted by Crippen LogP contribution is -2.25. The van der Waals surface area contributed by atoms with Crippen LogP contribution in [0.5, 0.6) is 0 Å². The number of aromatic nitrogens is 3. The molecule has 0 aliphatic heterocycles. The van der Waals surface area contributed by atoms with E-state index in [4.69, 9.17) is 0 Å². The molecule has 0 fully saturated rings. The number of rotatable bonds is 5. The maximum absolute atomic E-state index is 11.9. The molecule has 0 bridgehead atoms. The average Bonchev–Trinajstić information content (AvgIpc) is 2.88. The number of nitrogens with zero attached hydrogens (tertiary/aromatic N) is 3. The largest absolute Gasteiger partial charge is 0.351 e. The van der Waals surface area contributed by atoms with Crippen LogP contribution >= 0.6 is 11.5 Å². The van der Waals surface area contributed by atoms with Crippen molar-refractivity contribution in [3.8, 4) is 0 Å². The minimum atomic E-state index is -0.0919. The topological polar surface area (TPSA) is 67.8 Å². The molecule has 5 nitrogen and oxygen atoms in total. The van der Waals surface area contributed by atoms with Gasteiger partial charge in [0.2, 0.25) is 0 Å². The Morgan fingerprint density at radius 1 is 1.50 bits per heavy atom. The zero-order valence-electron chi connectivity index (χ0n) is 10.1. The third kappa shape index (κ3) is 3.10. The van der Waals surface area contributed by atoms with Gasteiger partial charge in [-0.05, 0) is 36.0 Å². The molecule has 0 unspecified atom stereocenters. The van der Waals surface area contributed by atoms with Crippen molar-refractivity contribution in [2.75, 3.05) is 6.54 Å². The highest BCUT2D eigenvalue weighted by atomic mass is 32.1. The van der Waals surface area contributed by atoms with Gasteiger partial charge in [-0.25, -0.2) is 0 Å². The van der Waals surface area contributed by atoms with Crippen LogP contribution in [0.25, 0.3) is 0 Å². The van der Waals surface area contributed by atoms with E-state index in [1.54, 1.807) is 12.4 Å². The maximum Gasteiger partial charge on any atom is 0.264 e. The highest BCUT2D eigenvalue weighted by Gasteiger charge is 2.13. The Kier molecular flexibility index (Phi) is 4.35. The van der Waals surface area contributed by atoms with Crippen molar-refractivity contribution in [1.29, 1.82) is 0 Å².